The van der Waals surface area contributed by atoms with Crippen LogP contribution >= 0.6 is 0 Å². The summed E-state index contributed by atoms with van der Waals surface area (Å²) in [6, 6.07) is 5.82. The number of amides is 2. The van der Waals surface area contributed by atoms with E-state index < -0.39 is 18.0 Å². The van der Waals surface area contributed by atoms with Crippen molar-refractivity contribution >= 4 is 17.7 Å². The predicted molar refractivity (Wildman–Crippen MR) is 80.3 cm³/mol. The van der Waals surface area contributed by atoms with Gasteiger partial charge in [-0.3, -0.25) is 0 Å². The Bertz CT molecular complexity index is 476. The molecule has 0 saturated carbocycles. The summed E-state index contributed by atoms with van der Waals surface area (Å²) in [6.07, 6.45) is 2.04. The normalized spacial score (nSPS) is 11.7. The molecule has 0 aliphatic heterocycles. The molecule has 1 aromatic rings. The van der Waals surface area contributed by atoms with Crippen molar-refractivity contribution in [3.63, 3.8) is 0 Å². The maximum atomic E-state index is 11.9. The Morgan fingerprint density at radius 1 is 1.33 bits per heavy atom. The Balaban J connectivity index is 2.65. The van der Waals surface area contributed by atoms with Gasteiger partial charge in [-0.1, -0.05) is 38.0 Å². The summed E-state index contributed by atoms with van der Waals surface area (Å²) in [4.78, 5) is 23.0. The van der Waals surface area contributed by atoms with E-state index in [0.717, 1.165) is 18.4 Å². The molecule has 0 aliphatic rings. The Kier molecular flexibility index (Phi) is 7.25. The van der Waals surface area contributed by atoms with Crippen LogP contribution in [-0.4, -0.2) is 30.3 Å². The zero-order valence-electron chi connectivity index (χ0n) is 12.4. The molecular formula is C15H22N2O4. The lowest BCUT2D eigenvalue weighted by atomic mass is 10.1. The van der Waals surface area contributed by atoms with Crippen LogP contribution in [0.5, 0.6) is 0 Å². The van der Waals surface area contributed by atoms with Gasteiger partial charge in [-0.15, -0.1) is 0 Å². The number of carboxylic acids is 1. The van der Waals surface area contributed by atoms with E-state index in [9.17, 15) is 9.59 Å². The maximum absolute atomic E-state index is 11.9. The van der Waals surface area contributed by atoms with Gasteiger partial charge in [0.25, 0.3) is 0 Å². The number of methoxy groups -OCH3 is 1. The van der Waals surface area contributed by atoms with Gasteiger partial charge in [0.05, 0.1) is 6.61 Å². The van der Waals surface area contributed by atoms with Gasteiger partial charge in [0.2, 0.25) is 0 Å². The molecule has 0 aromatic heterocycles. The zero-order chi connectivity index (χ0) is 15.7. The number of hydrogen-bond donors (Lipinski definition) is 3. The van der Waals surface area contributed by atoms with Gasteiger partial charge in [-0.05, 0) is 12.5 Å². The first-order valence-electron chi connectivity index (χ1n) is 6.95. The number of carbonyl (C=O) groups is 2. The fourth-order valence-electron chi connectivity index (χ4n) is 1.91. The van der Waals surface area contributed by atoms with Gasteiger partial charge in [-0.2, -0.15) is 0 Å². The molecule has 0 fully saturated rings. The minimum Gasteiger partial charge on any atom is -0.480 e. The second kappa shape index (κ2) is 8.97. The van der Waals surface area contributed by atoms with Gasteiger partial charge < -0.3 is 20.5 Å². The fourth-order valence-corrected chi connectivity index (χ4v) is 1.91. The minimum absolute atomic E-state index is 0.370. The molecule has 1 aromatic carbocycles. The van der Waals surface area contributed by atoms with Crippen molar-refractivity contribution in [2.45, 2.75) is 38.8 Å². The van der Waals surface area contributed by atoms with Gasteiger partial charge in [0, 0.05) is 18.4 Å². The quantitative estimate of drug-likeness (QED) is 0.687. The third kappa shape index (κ3) is 5.83. The van der Waals surface area contributed by atoms with Gasteiger partial charge in [-0.25, -0.2) is 9.59 Å². The average Bonchev–Trinajstić information content (AvgIpc) is 2.45. The van der Waals surface area contributed by atoms with Crippen LogP contribution in [0.1, 0.15) is 31.7 Å². The van der Waals surface area contributed by atoms with E-state index in [2.05, 4.69) is 10.6 Å². The van der Waals surface area contributed by atoms with Crippen molar-refractivity contribution in [2.24, 2.45) is 0 Å². The maximum Gasteiger partial charge on any atom is 0.326 e. The zero-order valence-corrected chi connectivity index (χ0v) is 12.4. The third-order valence-electron chi connectivity index (χ3n) is 3.02. The molecule has 2 amide bonds. The van der Waals surface area contributed by atoms with Crippen LogP contribution in [0.2, 0.25) is 0 Å². The van der Waals surface area contributed by atoms with Gasteiger partial charge >= 0.3 is 12.0 Å². The summed E-state index contributed by atoms with van der Waals surface area (Å²) in [6.45, 7) is 2.34. The smallest absolute Gasteiger partial charge is 0.326 e. The Morgan fingerprint density at radius 3 is 2.67 bits per heavy atom. The van der Waals surface area contributed by atoms with E-state index in [1.807, 2.05) is 19.1 Å². The number of ether oxygens (including phenoxy) is 1. The van der Waals surface area contributed by atoms with E-state index in [1.165, 1.54) is 0 Å². The van der Waals surface area contributed by atoms with Crippen molar-refractivity contribution in [1.29, 1.82) is 0 Å². The molecule has 3 N–H and O–H groups in total. The van der Waals surface area contributed by atoms with Crippen LogP contribution in [0.25, 0.3) is 0 Å². The predicted octanol–water partition coefficient (Wildman–Crippen LogP) is 2.60. The van der Waals surface area contributed by atoms with E-state index in [1.54, 1.807) is 19.2 Å². The minimum atomic E-state index is -1.02. The highest BCUT2D eigenvalue weighted by atomic mass is 16.5. The largest absolute Gasteiger partial charge is 0.480 e. The molecule has 6 heteroatoms. The topological polar surface area (TPSA) is 87.7 Å². The lowest BCUT2D eigenvalue weighted by molar-refractivity contribution is -0.139. The first kappa shape index (κ1) is 17.0. The summed E-state index contributed by atoms with van der Waals surface area (Å²) in [5.41, 5.74) is 1.44. The number of aliphatic carboxylic acids is 1. The Hall–Kier alpha value is -2.08. The first-order chi connectivity index (χ1) is 10.1. The van der Waals surface area contributed by atoms with E-state index >= 15 is 0 Å². The van der Waals surface area contributed by atoms with Crippen molar-refractivity contribution in [3.05, 3.63) is 29.8 Å². The molecule has 21 heavy (non-hydrogen) atoms. The number of rotatable bonds is 8. The number of urea groups is 1. The molecular weight excluding hydrogens is 272 g/mol. The van der Waals surface area contributed by atoms with Crippen molar-refractivity contribution in [3.8, 4) is 0 Å². The van der Waals surface area contributed by atoms with Crippen LogP contribution in [0.15, 0.2) is 24.3 Å². The Morgan fingerprint density at radius 2 is 2.05 bits per heavy atom. The third-order valence-corrected chi connectivity index (χ3v) is 3.02. The number of benzene rings is 1. The lowest BCUT2D eigenvalue weighted by Crippen LogP contribution is -2.43. The highest BCUT2D eigenvalue weighted by Crippen LogP contribution is 2.15. The summed E-state index contributed by atoms with van der Waals surface area (Å²) in [5.74, 6) is -1.02. The van der Waals surface area contributed by atoms with E-state index in [4.69, 9.17) is 9.84 Å². The number of para-hydroxylation sites is 1. The van der Waals surface area contributed by atoms with Crippen molar-refractivity contribution < 1.29 is 19.4 Å². The number of anilines is 1. The lowest BCUT2D eigenvalue weighted by Gasteiger charge is -2.16. The highest BCUT2D eigenvalue weighted by Gasteiger charge is 2.19. The van der Waals surface area contributed by atoms with Crippen molar-refractivity contribution in [2.75, 3.05) is 12.4 Å². The summed E-state index contributed by atoms with van der Waals surface area (Å²) in [7, 11) is 1.57. The van der Waals surface area contributed by atoms with Crippen LogP contribution in [0.3, 0.4) is 0 Å². The number of carboxylic acid groups (broad SMARTS) is 1. The average molecular weight is 294 g/mol. The van der Waals surface area contributed by atoms with Crippen LogP contribution in [-0.2, 0) is 16.1 Å². The monoisotopic (exact) mass is 294 g/mol. The first-order valence-corrected chi connectivity index (χ1v) is 6.95. The molecule has 0 heterocycles. The summed E-state index contributed by atoms with van der Waals surface area (Å²) < 4.78 is 5.06. The highest BCUT2D eigenvalue weighted by molar-refractivity contribution is 5.92. The molecule has 1 rings (SSSR count). The second-order valence-corrected chi connectivity index (χ2v) is 4.72. The van der Waals surface area contributed by atoms with Crippen LogP contribution in [0.4, 0.5) is 10.5 Å². The SMILES string of the molecule is CCCCC(NC(=O)Nc1ccccc1COC)C(=O)O. The second-order valence-electron chi connectivity index (χ2n) is 4.72. The van der Waals surface area contributed by atoms with E-state index in [-0.39, 0.29) is 0 Å². The standard InChI is InChI=1S/C15H22N2O4/c1-3-4-8-13(14(18)19)17-15(20)16-12-9-6-5-7-11(12)10-21-2/h5-7,9,13H,3-4,8,10H2,1-2H3,(H,18,19)(H2,16,17,20). The molecule has 6 nitrogen and oxygen atoms in total. The molecule has 0 radical (unpaired) electrons. The van der Waals surface area contributed by atoms with Gasteiger partial charge in [0.1, 0.15) is 6.04 Å². The molecule has 0 aliphatic carbocycles. The van der Waals surface area contributed by atoms with Gasteiger partial charge in [0.15, 0.2) is 0 Å². The molecule has 1 atom stereocenters. The summed E-state index contributed by atoms with van der Waals surface area (Å²) >= 11 is 0. The molecule has 0 saturated heterocycles. The molecule has 1 unspecified atom stereocenters. The molecule has 0 bridgehead atoms. The number of nitrogens with one attached hydrogen (secondary N) is 2. The van der Waals surface area contributed by atoms with Crippen LogP contribution in [0, 0.1) is 0 Å². The number of hydrogen-bond acceptors (Lipinski definition) is 3. The van der Waals surface area contributed by atoms with Crippen LogP contribution < -0.4 is 10.6 Å². The van der Waals surface area contributed by atoms with E-state index in [0.29, 0.717) is 18.7 Å². The molecule has 116 valence electrons. The number of carbonyl (C=O) groups excluding carboxylic acids is 1. The molecule has 0 spiro atoms. The fraction of sp³-hybridized carbons (Fsp3) is 0.467. The summed E-state index contributed by atoms with van der Waals surface area (Å²) in [5, 5.41) is 14.2. The Labute approximate surface area is 124 Å². The number of unbranched alkanes of at least 4 members (excludes halogenated alkanes) is 1. The van der Waals surface area contributed by atoms with Crippen molar-refractivity contribution in [1.82, 2.24) is 5.32 Å².